The van der Waals surface area contributed by atoms with E-state index >= 15 is 0 Å². The average molecular weight is 238 g/mol. The second-order valence-electron chi connectivity index (χ2n) is 2.56. The molecule has 1 aromatic rings. The maximum atomic E-state index is 12.8. The number of carboxylic acids is 1. The van der Waals surface area contributed by atoms with Crippen LogP contribution in [0.15, 0.2) is 0 Å². The fraction of sp³-hybridized carbons (Fsp3) is 0.300. The fourth-order valence-corrected chi connectivity index (χ4v) is 0.929. The van der Waals surface area contributed by atoms with Gasteiger partial charge in [0, 0.05) is 5.56 Å². The van der Waals surface area contributed by atoms with Crippen LogP contribution in [0.4, 0.5) is 17.6 Å². The van der Waals surface area contributed by atoms with Gasteiger partial charge in [0.2, 0.25) is 0 Å². The number of benzene rings is 1. The molecule has 0 aliphatic heterocycles. The summed E-state index contributed by atoms with van der Waals surface area (Å²) >= 11 is 0. The Morgan fingerprint density at radius 2 is 1.25 bits per heavy atom. The Hall–Kier alpha value is -1.59. The standard InChI is InChI=1S/C8H4F4O2.C2H6/c1-2-4(9)6(11)3(8(13)14)7(12)5(2)10;1-2/h1H3,(H,13,14);1-2H3. The van der Waals surface area contributed by atoms with E-state index in [2.05, 4.69) is 0 Å². The molecule has 0 fully saturated rings. The number of rotatable bonds is 1. The number of carboxylic acid groups (broad SMARTS) is 1. The average Bonchev–Trinajstić information content (AvgIpc) is 2.26. The third kappa shape index (κ3) is 2.32. The zero-order chi connectivity index (χ0) is 13.0. The van der Waals surface area contributed by atoms with Crippen molar-refractivity contribution in [1.82, 2.24) is 0 Å². The maximum Gasteiger partial charge on any atom is 0.341 e. The van der Waals surface area contributed by atoms with Crippen LogP contribution in [0.5, 0.6) is 0 Å². The molecule has 1 N–H and O–H groups in total. The van der Waals surface area contributed by atoms with Crippen molar-refractivity contribution < 1.29 is 27.5 Å². The van der Waals surface area contributed by atoms with Crippen molar-refractivity contribution in [2.75, 3.05) is 0 Å². The number of carbonyl (C=O) groups is 1. The minimum atomic E-state index is -2.06. The van der Waals surface area contributed by atoms with Crippen LogP contribution in [0.1, 0.15) is 29.8 Å². The van der Waals surface area contributed by atoms with Gasteiger partial charge < -0.3 is 5.11 Å². The van der Waals surface area contributed by atoms with E-state index in [4.69, 9.17) is 5.11 Å². The van der Waals surface area contributed by atoms with E-state index in [-0.39, 0.29) is 0 Å². The van der Waals surface area contributed by atoms with Crippen molar-refractivity contribution in [2.24, 2.45) is 0 Å². The number of hydrogen-bond donors (Lipinski definition) is 1. The fourth-order valence-electron chi connectivity index (χ4n) is 0.929. The van der Waals surface area contributed by atoms with E-state index in [9.17, 15) is 22.4 Å². The Kier molecular flexibility index (Phi) is 4.94. The summed E-state index contributed by atoms with van der Waals surface area (Å²) < 4.78 is 51.1. The molecule has 0 amide bonds. The van der Waals surface area contributed by atoms with Crippen LogP contribution in [-0.2, 0) is 0 Å². The second kappa shape index (κ2) is 5.48. The van der Waals surface area contributed by atoms with Crippen molar-refractivity contribution >= 4 is 5.97 Å². The molecule has 0 spiro atoms. The molecule has 0 aliphatic carbocycles. The summed E-state index contributed by atoms with van der Waals surface area (Å²) in [6, 6.07) is 0. The normalized spacial score (nSPS) is 9.44. The monoisotopic (exact) mass is 238 g/mol. The van der Waals surface area contributed by atoms with Gasteiger partial charge in [-0.2, -0.15) is 0 Å². The Morgan fingerprint density at radius 3 is 1.50 bits per heavy atom. The van der Waals surface area contributed by atoms with E-state index in [0.29, 0.717) is 0 Å². The number of aromatic carboxylic acids is 1. The molecule has 0 radical (unpaired) electrons. The molecule has 0 aliphatic rings. The largest absolute Gasteiger partial charge is 0.477 e. The molecule has 6 heteroatoms. The van der Waals surface area contributed by atoms with Gasteiger partial charge in [0.15, 0.2) is 23.3 Å². The Labute approximate surface area is 89.5 Å². The molecular weight excluding hydrogens is 228 g/mol. The quantitative estimate of drug-likeness (QED) is 0.602. The van der Waals surface area contributed by atoms with Crippen LogP contribution in [0, 0.1) is 30.2 Å². The molecule has 1 aromatic carbocycles. The first kappa shape index (κ1) is 14.4. The van der Waals surface area contributed by atoms with Gasteiger partial charge in [0.05, 0.1) is 0 Å². The minimum Gasteiger partial charge on any atom is -0.477 e. The van der Waals surface area contributed by atoms with Gasteiger partial charge in [-0.1, -0.05) is 13.8 Å². The molecule has 0 aromatic heterocycles. The van der Waals surface area contributed by atoms with E-state index in [0.717, 1.165) is 6.92 Å². The highest BCUT2D eigenvalue weighted by Gasteiger charge is 2.27. The van der Waals surface area contributed by atoms with E-state index in [1.54, 1.807) is 0 Å². The van der Waals surface area contributed by atoms with Crippen molar-refractivity contribution in [3.8, 4) is 0 Å². The summed E-state index contributed by atoms with van der Waals surface area (Å²) in [4.78, 5) is 10.2. The highest BCUT2D eigenvalue weighted by atomic mass is 19.2. The lowest BCUT2D eigenvalue weighted by Gasteiger charge is -2.05. The summed E-state index contributed by atoms with van der Waals surface area (Å²) in [6.45, 7) is 4.81. The van der Waals surface area contributed by atoms with Gasteiger partial charge >= 0.3 is 5.97 Å². The third-order valence-electron chi connectivity index (χ3n) is 1.70. The molecule has 1 rings (SSSR count). The lowest BCUT2D eigenvalue weighted by Crippen LogP contribution is -2.11. The molecule has 0 atom stereocenters. The Bertz CT molecular complexity index is 387. The van der Waals surface area contributed by atoms with Gasteiger partial charge in [-0.25, -0.2) is 22.4 Å². The lowest BCUT2D eigenvalue weighted by atomic mass is 10.1. The molecule has 90 valence electrons. The second-order valence-corrected chi connectivity index (χ2v) is 2.56. The summed E-state index contributed by atoms with van der Waals surface area (Å²) in [5.74, 6) is -9.23. The van der Waals surface area contributed by atoms with Gasteiger partial charge in [0.25, 0.3) is 0 Å². The smallest absolute Gasteiger partial charge is 0.341 e. The SMILES string of the molecule is CC.Cc1c(F)c(F)c(C(=O)O)c(F)c1F. The summed E-state index contributed by atoms with van der Waals surface area (Å²) in [5.41, 5.74) is -2.50. The van der Waals surface area contributed by atoms with E-state index in [1.165, 1.54) is 0 Å². The zero-order valence-electron chi connectivity index (χ0n) is 8.87. The molecule has 0 saturated heterocycles. The predicted octanol–water partition coefficient (Wildman–Crippen LogP) is 3.28. The zero-order valence-corrected chi connectivity index (χ0v) is 8.87. The summed E-state index contributed by atoms with van der Waals surface area (Å²) in [6.07, 6.45) is 0. The van der Waals surface area contributed by atoms with Gasteiger partial charge in [0.1, 0.15) is 5.56 Å². The van der Waals surface area contributed by atoms with Crippen LogP contribution in [-0.4, -0.2) is 11.1 Å². The third-order valence-corrected chi connectivity index (χ3v) is 1.70. The number of hydrogen-bond acceptors (Lipinski definition) is 1. The molecule has 0 heterocycles. The summed E-state index contributed by atoms with van der Waals surface area (Å²) in [5, 5.41) is 8.27. The predicted molar refractivity (Wildman–Crippen MR) is 49.3 cm³/mol. The van der Waals surface area contributed by atoms with Gasteiger partial charge in [-0.15, -0.1) is 0 Å². The van der Waals surface area contributed by atoms with Crippen LogP contribution in [0.3, 0.4) is 0 Å². The molecule has 0 saturated carbocycles. The molecular formula is C10H10F4O2. The highest BCUT2D eigenvalue weighted by Crippen LogP contribution is 2.23. The van der Waals surface area contributed by atoms with Crippen LogP contribution in [0.25, 0.3) is 0 Å². The van der Waals surface area contributed by atoms with Crippen LogP contribution < -0.4 is 0 Å². The van der Waals surface area contributed by atoms with Crippen LogP contribution >= 0.6 is 0 Å². The minimum absolute atomic E-state index is 0.808. The first-order chi connectivity index (χ1) is 7.37. The topological polar surface area (TPSA) is 37.3 Å². The highest BCUT2D eigenvalue weighted by molar-refractivity contribution is 5.88. The molecule has 2 nitrogen and oxygen atoms in total. The number of halogens is 4. The maximum absolute atomic E-state index is 12.8. The lowest BCUT2D eigenvalue weighted by molar-refractivity contribution is 0.0683. The molecule has 0 bridgehead atoms. The van der Waals surface area contributed by atoms with Crippen molar-refractivity contribution in [1.29, 1.82) is 0 Å². The summed E-state index contributed by atoms with van der Waals surface area (Å²) in [7, 11) is 0. The van der Waals surface area contributed by atoms with Crippen molar-refractivity contribution in [3.63, 3.8) is 0 Å². The van der Waals surface area contributed by atoms with Crippen molar-refractivity contribution in [3.05, 3.63) is 34.4 Å². The molecule has 16 heavy (non-hydrogen) atoms. The van der Waals surface area contributed by atoms with E-state index in [1.807, 2.05) is 13.8 Å². The first-order valence-electron chi connectivity index (χ1n) is 4.43. The van der Waals surface area contributed by atoms with Gasteiger partial charge in [-0.05, 0) is 6.92 Å². The Morgan fingerprint density at radius 1 is 0.938 bits per heavy atom. The van der Waals surface area contributed by atoms with Crippen LogP contribution in [0.2, 0.25) is 0 Å². The first-order valence-corrected chi connectivity index (χ1v) is 4.43. The van der Waals surface area contributed by atoms with Gasteiger partial charge in [-0.3, -0.25) is 0 Å². The molecule has 0 unspecified atom stereocenters. The van der Waals surface area contributed by atoms with E-state index < -0.39 is 40.4 Å². The Balaban J connectivity index is 0.00000106. The van der Waals surface area contributed by atoms with Crippen molar-refractivity contribution in [2.45, 2.75) is 20.8 Å².